The van der Waals surface area contributed by atoms with Crippen LogP contribution in [0.5, 0.6) is 5.75 Å². The van der Waals surface area contributed by atoms with Crippen molar-refractivity contribution in [2.75, 3.05) is 0 Å². The van der Waals surface area contributed by atoms with E-state index >= 15 is 0 Å². The average Bonchev–Trinajstić information content (AvgIpc) is 2.90. The Bertz CT molecular complexity index is 925. The molecule has 0 spiro atoms. The lowest BCUT2D eigenvalue weighted by Crippen LogP contribution is -2.11. The van der Waals surface area contributed by atoms with Crippen LogP contribution in [-0.4, -0.2) is 11.0 Å². The Balaban J connectivity index is 2.40. The molecule has 0 saturated carbocycles. The van der Waals surface area contributed by atoms with Gasteiger partial charge in [-0.3, -0.25) is 9.59 Å². The normalized spacial score (nSPS) is 10.9. The molecule has 22 heavy (non-hydrogen) atoms. The van der Waals surface area contributed by atoms with E-state index in [-0.39, 0.29) is 16.6 Å². The zero-order valence-electron chi connectivity index (χ0n) is 12.3. The van der Waals surface area contributed by atoms with Crippen LogP contribution in [0.15, 0.2) is 32.2 Å². The molecule has 0 radical (unpaired) electrons. The van der Waals surface area contributed by atoms with Gasteiger partial charge in [0.25, 0.3) is 0 Å². The summed E-state index contributed by atoms with van der Waals surface area (Å²) in [6.07, 6.45) is 0. The minimum Gasteiger partial charge on any atom is -0.460 e. The number of hydrogen-bond donors (Lipinski definition) is 0. The predicted molar refractivity (Wildman–Crippen MR) is 84.4 cm³/mol. The van der Waals surface area contributed by atoms with Gasteiger partial charge in [-0.25, -0.2) is 4.98 Å². The first-order valence-corrected chi connectivity index (χ1v) is 7.56. The fraction of sp³-hybridized carbons (Fsp3) is 0.188. The van der Waals surface area contributed by atoms with E-state index in [4.69, 9.17) is 9.15 Å². The van der Waals surface area contributed by atoms with E-state index in [1.54, 1.807) is 29.9 Å². The van der Waals surface area contributed by atoms with Crippen LogP contribution < -0.4 is 10.2 Å². The van der Waals surface area contributed by atoms with Crippen molar-refractivity contribution in [1.29, 1.82) is 0 Å². The van der Waals surface area contributed by atoms with Gasteiger partial charge in [0.05, 0.1) is 16.8 Å². The number of carbonyl (C=O) groups is 1. The van der Waals surface area contributed by atoms with E-state index in [9.17, 15) is 9.59 Å². The number of esters is 1. The molecule has 0 unspecified atom stereocenters. The second-order valence-corrected chi connectivity index (χ2v) is 5.68. The van der Waals surface area contributed by atoms with Gasteiger partial charge < -0.3 is 9.15 Å². The standard InChI is InChI=1S/C16H13NO4S/c1-8-4-12-15(13(5-8)21-10(3)18)16(19)14(9(2)20-12)11-6-22-7-17-11/h4-7H,1-3H3. The maximum atomic E-state index is 12.9. The Morgan fingerprint density at radius 2 is 2.09 bits per heavy atom. The molecule has 112 valence electrons. The molecule has 6 heteroatoms. The molecule has 0 aliphatic rings. The van der Waals surface area contributed by atoms with Gasteiger partial charge in [-0.1, -0.05) is 0 Å². The maximum Gasteiger partial charge on any atom is 0.308 e. The molecule has 2 heterocycles. The second kappa shape index (κ2) is 5.38. The molecule has 2 aromatic heterocycles. The van der Waals surface area contributed by atoms with Crippen LogP contribution >= 0.6 is 11.3 Å². The minimum atomic E-state index is -0.484. The fourth-order valence-corrected chi connectivity index (χ4v) is 2.94. The minimum absolute atomic E-state index is 0.215. The number of thiazole rings is 1. The molecule has 0 saturated heterocycles. The lowest BCUT2D eigenvalue weighted by atomic mass is 10.1. The van der Waals surface area contributed by atoms with Crippen LogP contribution in [0.4, 0.5) is 0 Å². The van der Waals surface area contributed by atoms with Crippen molar-refractivity contribution in [3.05, 3.63) is 44.6 Å². The van der Waals surface area contributed by atoms with Crippen molar-refractivity contribution in [2.45, 2.75) is 20.8 Å². The van der Waals surface area contributed by atoms with Crippen LogP contribution in [-0.2, 0) is 4.79 Å². The first-order chi connectivity index (χ1) is 10.5. The van der Waals surface area contributed by atoms with Crippen LogP contribution in [0, 0.1) is 13.8 Å². The highest BCUT2D eigenvalue weighted by molar-refractivity contribution is 7.07. The Hall–Kier alpha value is -2.47. The number of fused-ring (bicyclic) bond motifs is 1. The van der Waals surface area contributed by atoms with E-state index in [0.29, 0.717) is 22.6 Å². The summed E-state index contributed by atoms with van der Waals surface area (Å²) in [6.45, 7) is 4.87. The zero-order valence-corrected chi connectivity index (χ0v) is 13.1. The van der Waals surface area contributed by atoms with Gasteiger partial charge >= 0.3 is 5.97 Å². The van der Waals surface area contributed by atoms with E-state index in [0.717, 1.165) is 5.56 Å². The molecule has 0 bridgehead atoms. The molecule has 0 amide bonds. The number of hydrogen-bond acceptors (Lipinski definition) is 6. The highest BCUT2D eigenvalue weighted by Gasteiger charge is 2.19. The van der Waals surface area contributed by atoms with Crippen LogP contribution in [0.2, 0.25) is 0 Å². The van der Waals surface area contributed by atoms with Gasteiger partial charge in [-0.15, -0.1) is 11.3 Å². The highest BCUT2D eigenvalue weighted by Crippen LogP contribution is 2.30. The number of rotatable bonds is 2. The lowest BCUT2D eigenvalue weighted by Gasteiger charge is -2.09. The third-order valence-electron chi connectivity index (χ3n) is 3.22. The van der Waals surface area contributed by atoms with Crippen molar-refractivity contribution in [3.63, 3.8) is 0 Å². The van der Waals surface area contributed by atoms with Crippen molar-refractivity contribution in [2.24, 2.45) is 0 Å². The Kier molecular flexibility index (Phi) is 3.54. The Morgan fingerprint density at radius 1 is 1.32 bits per heavy atom. The number of nitrogens with zero attached hydrogens (tertiary/aromatic N) is 1. The third kappa shape index (κ3) is 2.42. The van der Waals surface area contributed by atoms with Crippen LogP contribution in [0.3, 0.4) is 0 Å². The van der Waals surface area contributed by atoms with E-state index in [2.05, 4.69) is 4.98 Å². The largest absolute Gasteiger partial charge is 0.460 e. The third-order valence-corrected chi connectivity index (χ3v) is 3.81. The summed E-state index contributed by atoms with van der Waals surface area (Å²) in [7, 11) is 0. The molecule has 1 aromatic carbocycles. The molecule has 0 N–H and O–H groups in total. The van der Waals surface area contributed by atoms with Gasteiger partial charge in [-0.2, -0.15) is 0 Å². The SMILES string of the molecule is CC(=O)Oc1cc(C)cc2oc(C)c(-c3cscn3)c(=O)c12. The van der Waals surface area contributed by atoms with Crippen molar-refractivity contribution >= 4 is 28.3 Å². The van der Waals surface area contributed by atoms with E-state index < -0.39 is 5.97 Å². The lowest BCUT2D eigenvalue weighted by molar-refractivity contribution is -0.131. The van der Waals surface area contributed by atoms with Crippen molar-refractivity contribution in [3.8, 4) is 17.0 Å². The molecule has 0 aliphatic heterocycles. The Labute approximate surface area is 130 Å². The fourth-order valence-electron chi connectivity index (χ4n) is 2.39. The predicted octanol–water partition coefficient (Wildman–Crippen LogP) is 3.46. The Morgan fingerprint density at radius 3 is 2.73 bits per heavy atom. The van der Waals surface area contributed by atoms with Crippen molar-refractivity contribution in [1.82, 2.24) is 4.98 Å². The number of aryl methyl sites for hydroxylation is 2. The molecule has 0 fully saturated rings. The monoisotopic (exact) mass is 315 g/mol. The van der Waals surface area contributed by atoms with Gasteiger partial charge in [0.1, 0.15) is 22.5 Å². The first kappa shape index (κ1) is 14.5. The molecule has 3 rings (SSSR count). The summed E-state index contributed by atoms with van der Waals surface area (Å²) in [5.74, 6) is 0.220. The quantitative estimate of drug-likeness (QED) is 0.535. The van der Waals surface area contributed by atoms with Crippen LogP contribution in [0.25, 0.3) is 22.2 Å². The molecule has 5 nitrogen and oxygen atoms in total. The summed E-state index contributed by atoms with van der Waals surface area (Å²) in [5.41, 5.74) is 3.60. The van der Waals surface area contributed by atoms with E-state index in [1.165, 1.54) is 18.3 Å². The van der Waals surface area contributed by atoms with Crippen LogP contribution in [0.1, 0.15) is 18.2 Å². The second-order valence-electron chi connectivity index (χ2n) is 4.97. The molecule has 0 atom stereocenters. The zero-order chi connectivity index (χ0) is 15.9. The number of aromatic nitrogens is 1. The summed E-state index contributed by atoms with van der Waals surface area (Å²) >= 11 is 1.40. The summed E-state index contributed by atoms with van der Waals surface area (Å²) in [4.78, 5) is 28.3. The number of carbonyl (C=O) groups excluding carboxylic acids is 1. The smallest absolute Gasteiger partial charge is 0.308 e. The van der Waals surface area contributed by atoms with Gasteiger partial charge in [0, 0.05) is 12.3 Å². The summed E-state index contributed by atoms with van der Waals surface area (Å²) < 4.78 is 11.0. The highest BCUT2D eigenvalue weighted by atomic mass is 32.1. The number of ether oxygens (including phenoxy) is 1. The molecule has 3 aromatic rings. The van der Waals surface area contributed by atoms with E-state index in [1.807, 2.05) is 6.92 Å². The topological polar surface area (TPSA) is 69.4 Å². The molecule has 0 aliphatic carbocycles. The van der Waals surface area contributed by atoms with Crippen molar-refractivity contribution < 1.29 is 13.9 Å². The average molecular weight is 315 g/mol. The molecular formula is C16H13NO4S. The van der Waals surface area contributed by atoms with Gasteiger partial charge in [0.15, 0.2) is 0 Å². The molecular weight excluding hydrogens is 302 g/mol. The first-order valence-electron chi connectivity index (χ1n) is 6.62. The summed E-state index contributed by atoms with van der Waals surface area (Å²) in [5, 5.41) is 2.04. The summed E-state index contributed by atoms with van der Waals surface area (Å²) in [6, 6.07) is 3.41. The maximum absolute atomic E-state index is 12.9. The number of benzene rings is 1. The van der Waals surface area contributed by atoms with Gasteiger partial charge in [0.2, 0.25) is 5.43 Å². The van der Waals surface area contributed by atoms with Gasteiger partial charge in [-0.05, 0) is 31.5 Å².